The van der Waals surface area contributed by atoms with Gasteiger partial charge in [0, 0.05) is 6.20 Å². The molecule has 5 nitrogen and oxygen atoms in total. The maximum Gasteiger partial charge on any atom is 0.241 e. The van der Waals surface area contributed by atoms with Crippen molar-refractivity contribution in [3.8, 4) is 17.6 Å². The summed E-state index contributed by atoms with van der Waals surface area (Å²) < 4.78 is 44.0. The molecule has 0 bridgehead atoms. The van der Waals surface area contributed by atoms with Crippen LogP contribution in [0.2, 0.25) is 0 Å². The summed E-state index contributed by atoms with van der Waals surface area (Å²) in [6.07, 6.45) is 3.18. The zero-order chi connectivity index (χ0) is 15.8. The van der Waals surface area contributed by atoms with Crippen molar-refractivity contribution in [2.24, 2.45) is 0 Å². The third-order valence-electron chi connectivity index (χ3n) is 2.54. The number of halogens is 1. The second-order valence-electron chi connectivity index (χ2n) is 4.11. The lowest BCUT2D eigenvalue weighted by Gasteiger charge is -2.03. The molecule has 0 radical (unpaired) electrons. The fraction of sp³-hybridized carbons (Fsp3) is 0.133. The number of nitrogens with zero attached hydrogens (tertiary/aromatic N) is 1. The van der Waals surface area contributed by atoms with E-state index in [1.807, 2.05) is 0 Å². The van der Waals surface area contributed by atoms with Gasteiger partial charge in [-0.1, -0.05) is 11.8 Å². The van der Waals surface area contributed by atoms with Gasteiger partial charge in [0.05, 0.1) is 17.6 Å². The first-order valence-electron chi connectivity index (χ1n) is 6.32. The number of ether oxygens (including phenoxy) is 1. The zero-order valence-corrected chi connectivity index (χ0v) is 12.3. The lowest BCUT2D eigenvalue weighted by Crippen LogP contribution is -2.24. The van der Waals surface area contributed by atoms with Gasteiger partial charge in [0.25, 0.3) is 0 Å². The molecule has 0 aliphatic carbocycles. The summed E-state index contributed by atoms with van der Waals surface area (Å²) in [7, 11) is -3.69. The predicted molar refractivity (Wildman–Crippen MR) is 79.1 cm³/mol. The van der Waals surface area contributed by atoms with Gasteiger partial charge in [-0.05, 0) is 36.4 Å². The van der Waals surface area contributed by atoms with Gasteiger partial charge < -0.3 is 4.74 Å². The van der Waals surface area contributed by atoms with Gasteiger partial charge in [0.2, 0.25) is 10.0 Å². The molecule has 114 valence electrons. The Morgan fingerprint density at radius 3 is 2.64 bits per heavy atom. The number of aromatic nitrogens is 1. The largest absolute Gasteiger partial charge is 0.479 e. The molecular weight excluding hydrogens is 307 g/mol. The Bertz CT molecular complexity index is 766. The fourth-order valence-corrected chi connectivity index (χ4v) is 2.42. The van der Waals surface area contributed by atoms with Crippen molar-refractivity contribution in [3.05, 3.63) is 54.6 Å². The third-order valence-corrected chi connectivity index (χ3v) is 3.96. The SMILES string of the molecule is O=S(=O)(NCC#CCOc1cccnc1)c1ccc(F)cc1. The van der Waals surface area contributed by atoms with E-state index in [0.29, 0.717) is 5.75 Å². The topological polar surface area (TPSA) is 68.3 Å². The summed E-state index contributed by atoms with van der Waals surface area (Å²) in [5.41, 5.74) is 0. The first-order chi connectivity index (χ1) is 10.6. The smallest absolute Gasteiger partial charge is 0.241 e. The molecule has 1 aromatic heterocycles. The Balaban J connectivity index is 1.81. The number of benzene rings is 1. The van der Waals surface area contributed by atoms with Crippen LogP contribution >= 0.6 is 0 Å². The molecule has 0 fully saturated rings. The Morgan fingerprint density at radius 1 is 1.18 bits per heavy atom. The van der Waals surface area contributed by atoms with Crippen LogP contribution in [0.3, 0.4) is 0 Å². The van der Waals surface area contributed by atoms with Crippen molar-refractivity contribution in [1.82, 2.24) is 9.71 Å². The zero-order valence-electron chi connectivity index (χ0n) is 11.5. The number of hydrogen-bond acceptors (Lipinski definition) is 4. The van der Waals surface area contributed by atoms with Crippen LogP contribution in [-0.2, 0) is 10.0 Å². The van der Waals surface area contributed by atoms with E-state index >= 15 is 0 Å². The molecule has 0 amide bonds. The summed E-state index contributed by atoms with van der Waals surface area (Å²) >= 11 is 0. The van der Waals surface area contributed by atoms with E-state index in [1.54, 1.807) is 24.5 Å². The molecule has 0 unspecified atom stereocenters. The maximum atomic E-state index is 12.8. The van der Waals surface area contributed by atoms with Crippen LogP contribution in [0, 0.1) is 17.7 Å². The normalized spacial score (nSPS) is 10.6. The number of pyridine rings is 1. The molecule has 2 aromatic rings. The van der Waals surface area contributed by atoms with Crippen molar-refractivity contribution in [2.75, 3.05) is 13.2 Å². The Kier molecular flexibility index (Phi) is 5.47. The number of hydrogen-bond donors (Lipinski definition) is 1. The fourth-order valence-electron chi connectivity index (χ4n) is 1.49. The highest BCUT2D eigenvalue weighted by atomic mass is 32.2. The van der Waals surface area contributed by atoms with Gasteiger partial charge in [-0.3, -0.25) is 4.98 Å². The summed E-state index contributed by atoms with van der Waals surface area (Å²) in [5.74, 6) is 5.41. The molecular formula is C15H13FN2O3S. The van der Waals surface area contributed by atoms with Gasteiger partial charge in [-0.15, -0.1) is 0 Å². The second-order valence-corrected chi connectivity index (χ2v) is 5.88. The van der Waals surface area contributed by atoms with Crippen molar-refractivity contribution in [2.45, 2.75) is 4.90 Å². The molecule has 1 aromatic carbocycles. The van der Waals surface area contributed by atoms with Gasteiger partial charge in [0.15, 0.2) is 0 Å². The van der Waals surface area contributed by atoms with E-state index in [0.717, 1.165) is 12.1 Å². The predicted octanol–water partition coefficient (Wildman–Crippen LogP) is 1.58. The monoisotopic (exact) mass is 320 g/mol. The van der Waals surface area contributed by atoms with Crippen molar-refractivity contribution in [1.29, 1.82) is 0 Å². The van der Waals surface area contributed by atoms with Crippen LogP contribution in [0.5, 0.6) is 5.75 Å². The Labute approximate surface area is 128 Å². The van der Waals surface area contributed by atoms with Crippen LogP contribution in [0.1, 0.15) is 0 Å². The van der Waals surface area contributed by atoms with Crippen LogP contribution in [0.25, 0.3) is 0 Å². The van der Waals surface area contributed by atoms with Crippen LogP contribution < -0.4 is 9.46 Å². The molecule has 22 heavy (non-hydrogen) atoms. The van der Waals surface area contributed by atoms with E-state index in [4.69, 9.17) is 4.74 Å². The van der Waals surface area contributed by atoms with Gasteiger partial charge in [-0.2, -0.15) is 4.72 Å². The highest BCUT2D eigenvalue weighted by Gasteiger charge is 2.12. The Hall–Kier alpha value is -2.43. The summed E-state index contributed by atoms with van der Waals surface area (Å²) in [6.45, 7) is 0.0695. The highest BCUT2D eigenvalue weighted by molar-refractivity contribution is 7.89. The lowest BCUT2D eigenvalue weighted by molar-refractivity contribution is 0.368. The van der Waals surface area contributed by atoms with E-state index < -0.39 is 15.8 Å². The van der Waals surface area contributed by atoms with Crippen LogP contribution in [0.15, 0.2) is 53.7 Å². The molecule has 1 N–H and O–H groups in total. The minimum atomic E-state index is -3.69. The van der Waals surface area contributed by atoms with E-state index in [-0.39, 0.29) is 18.0 Å². The van der Waals surface area contributed by atoms with Gasteiger partial charge in [-0.25, -0.2) is 12.8 Å². The molecule has 7 heteroatoms. The molecule has 0 atom stereocenters. The number of rotatable bonds is 5. The third kappa shape index (κ3) is 4.84. The summed E-state index contributed by atoms with van der Waals surface area (Å²) in [4.78, 5) is 3.87. The Morgan fingerprint density at radius 2 is 1.95 bits per heavy atom. The minimum Gasteiger partial charge on any atom is -0.479 e. The standard InChI is InChI=1S/C15H13FN2O3S/c16-13-5-7-15(8-6-13)22(19,20)18-10-1-2-11-21-14-4-3-9-17-12-14/h3-9,12,18H,10-11H2. The van der Waals surface area contributed by atoms with Crippen molar-refractivity contribution >= 4 is 10.0 Å². The highest BCUT2D eigenvalue weighted by Crippen LogP contribution is 2.09. The molecule has 0 aliphatic rings. The van der Waals surface area contributed by atoms with Gasteiger partial charge >= 0.3 is 0 Å². The molecule has 0 aliphatic heterocycles. The van der Waals surface area contributed by atoms with Crippen LogP contribution in [-0.4, -0.2) is 26.6 Å². The molecule has 0 saturated carbocycles. The van der Waals surface area contributed by atoms with E-state index in [9.17, 15) is 12.8 Å². The molecule has 2 rings (SSSR count). The lowest BCUT2D eigenvalue weighted by atomic mass is 10.4. The average molecular weight is 320 g/mol. The van der Waals surface area contributed by atoms with E-state index in [2.05, 4.69) is 21.5 Å². The quantitative estimate of drug-likeness (QED) is 0.849. The van der Waals surface area contributed by atoms with Crippen molar-refractivity contribution < 1.29 is 17.5 Å². The summed E-state index contributed by atoms with van der Waals surface area (Å²) in [6, 6.07) is 8.03. The molecule has 0 spiro atoms. The molecule has 1 heterocycles. The molecule has 0 saturated heterocycles. The average Bonchev–Trinajstić information content (AvgIpc) is 2.52. The van der Waals surface area contributed by atoms with Gasteiger partial charge in [0.1, 0.15) is 18.2 Å². The van der Waals surface area contributed by atoms with Crippen molar-refractivity contribution in [3.63, 3.8) is 0 Å². The number of nitrogens with one attached hydrogen (secondary N) is 1. The first kappa shape index (κ1) is 15.9. The maximum absolute atomic E-state index is 12.8. The second kappa shape index (κ2) is 7.54. The van der Waals surface area contributed by atoms with E-state index in [1.165, 1.54) is 12.1 Å². The minimum absolute atomic E-state index is 0.0118. The summed E-state index contributed by atoms with van der Waals surface area (Å²) in [5, 5.41) is 0. The van der Waals surface area contributed by atoms with Crippen LogP contribution in [0.4, 0.5) is 4.39 Å². The number of sulfonamides is 1. The first-order valence-corrected chi connectivity index (χ1v) is 7.80.